The SMILES string of the molecule is NC(N)=NC(=O)Nc1ccc(O)cc1. The number of hydrogen-bond acceptors (Lipinski definition) is 2. The Bertz CT molecular complexity index is 354. The van der Waals surface area contributed by atoms with Crippen molar-refractivity contribution in [3.8, 4) is 5.75 Å². The number of nitrogens with two attached hydrogens (primary N) is 2. The van der Waals surface area contributed by atoms with Gasteiger partial charge in [0.2, 0.25) is 0 Å². The molecule has 2 amide bonds. The molecule has 0 heterocycles. The highest BCUT2D eigenvalue weighted by molar-refractivity contribution is 5.98. The van der Waals surface area contributed by atoms with E-state index in [4.69, 9.17) is 16.6 Å². The molecule has 0 spiro atoms. The molecule has 0 aliphatic carbocycles. The normalized spacial score (nSPS) is 9.14. The van der Waals surface area contributed by atoms with Crippen LogP contribution in [0.15, 0.2) is 29.3 Å². The van der Waals surface area contributed by atoms with Crippen molar-refractivity contribution in [2.24, 2.45) is 16.5 Å². The zero-order valence-corrected chi connectivity index (χ0v) is 7.27. The smallest absolute Gasteiger partial charge is 0.348 e. The molecule has 74 valence electrons. The van der Waals surface area contributed by atoms with Crippen molar-refractivity contribution in [3.05, 3.63) is 24.3 Å². The lowest BCUT2D eigenvalue weighted by atomic mass is 10.3. The number of rotatable bonds is 1. The second kappa shape index (κ2) is 4.13. The fraction of sp³-hybridized carbons (Fsp3) is 0. The van der Waals surface area contributed by atoms with Crippen molar-refractivity contribution < 1.29 is 9.90 Å². The molecule has 0 aliphatic heterocycles. The van der Waals surface area contributed by atoms with E-state index in [9.17, 15) is 4.79 Å². The maximum atomic E-state index is 11.0. The predicted octanol–water partition coefficient (Wildman–Crippen LogP) is 0.198. The topological polar surface area (TPSA) is 114 Å². The van der Waals surface area contributed by atoms with E-state index in [1.807, 2.05) is 0 Å². The summed E-state index contributed by atoms with van der Waals surface area (Å²) in [5.74, 6) is -0.189. The van der Waals surface area contributed by atoms with Crippen LogP contribution < -0.4 is 16.8 Å². The van der Waals surface area contributed by atoms with Crippen LogP contribution in [-0.2, 0) is 0 Å². The first-order valence-electron chi connectivity index (χ1n) is 3.77. The fourth-order valence-electron chi connectivity index (χ4n) is 0.813. The molecule has 0 aromatic heterocycles. The molecule has 0 atom stereocenters. The second-order valence-electron chi connectivity index (χ2n) is 2.51. The number of nitrogens with zero attached hydrogens (tertiary/aromatic N) is 1. The van der Waals surface area contributed by atoms with Gasteiger partial charge < -0.3 is 21.9 Å². The van der Waals surface area contributed by atoms with Gasteiger partial charge >= 0.3 is 6.03 Å². The molecule has 0 saturated carbocycles. The summed E-state index contributed by atoms with van der Waals surface area (Å²) in [5.41, 5.74) is 10.5. The summed E-state index contributed by atoms with van der Waals surface area (Å²) in [6.07, 6.45) is 0. The summed E-state index contributed by atoms with van der Waals surface area (Å²) in [6.45, 7) is 0. The summed E-state index contributed by atoms with van der Waals surface area (Å²) in [4.78, 5) is 14.2. The molecule has 0 bridgehead atoms. The van der Waals surface area contributed by atoms with Crippen LogP contribution in [0.25, 0.3) is 0 Å². The lowest BCUT2D eigenvalue weighted by Gasteiger charge is -2.00. The van der Waals surface area contributed by atoms with E-state index >= 15 is 0 Å². The number of nitrogens with one attached hydrogen (secondary N) is 1. The standard InChI is InChI=1S/C8H10N4O2/c9-7(10)12-8(14)11-5-1-3-6(13)4-2-5/h1-4,13H,(H5,9,10,11,12,14). The number of phenols is 1. The summed E-state index contributed by atoms with van der Waals surface area (Å²) in [6, 6.07) is 5.26. The Labute approximate surface area is 80.2 Å². The number of carbonyl (C=O) groups is 1. The maximum absolute atomic E-state index is 11.0. The molecule has 6 N–H and O–H groups in total. The van der Waals surface area contributed by atoms with E-state index in [2.05, 4.69) is 10.3 Å². The minimum Gasteiger partial charge on any atom is -0.508 e. The van der Waals surface area contributed by atoms with Crippen molar-refractivity contribution in [2.75, 3.05) is 5.32 Å². The first-order valence-corrected chi connectivity index (χ1v) is 3.77. The number of hydrogen-bond donors (Lipinski definition) is 4. The zero-order chi connectivity index (χ0) is 10.6. The van der Waals surface area contributed by atoms with Gasteiger partial charge in [-0.2, -0.15) is 4.99 Å². The van der Waals surface area contributed by atoms with E-state index in [0.717, 1.165) is 0 Å². The minimum absolute atomic E-state index is 0.116. The molecule has 14 heavy (non-hydrogen) atoms. The third kappa shape index (κ3) is 3.02. The molecule has 0 aliphatic rings. The Kier molecular flexibility index (Phi) is 2.90. The lowest BCUT2D eigenvalue weighted by Crippen LogP contribution is -2.25. The average molecular weight is 194 g/mol. The van der Waals surface area contributed by atoms with E-state index in [0.29, 0.717) is 5.69 Å². The number of urea groups is 1. The number of phenolic OH excluding ortho intramolecular Hbond substituents is 1. The first kappa shape index (κ1) is 9.85. The van der Waals surface area contributed by atoms with Gasteiger partial charge in [-0.15, -0.1) is 0 Å². The van der Waals surface area contributed by atoms with Crippen LogP contribution in [0.4, 0.5) is 10.5 Å². The van der Waals surface area contributed by atoms with Crippen LogP contribution in [-0.4, -0.2) is 17.1 Å². The van der Waals surface area contributed by atoms with Gasteiger partial charge in [-0.25, -0.2) is 4.79 Å². The van der Waals surface area contributed by atoms with Crippen molar-refractivity contribution in [1.82, 2.24) is 0 Å². The van der Waals surface area contributed by atoms with E-state index in [1.54, 1.807) is 0 Å². The van der Waals surface area contributed by atoms with Crippen molar-refractivity contribution in [2.45, 2.75) is 0 Å². The van der Waals surface area contributed by atoms with E-state index in [1.165, 1.54) is 24.3 Å². The Morgan fingerprint density at radius 3 is 2.36 bits per heavy atom. The summed E-state index contributed by atoms with van der Waals surface area (Å²) in [5, 5.41) is 11.4. The van der Waals surface area contributed by atoms with Crippen molar-refractivity contribution in [3.63, 3.8) is 0 Å². The molecular formula is C8H10N4O2. The Hall–Kier alpha value is -2.24. The second-order valence-corrected chi connectivity index (χ2v) is 2.51. The number of benzene rings is 1. The highest BCUT2D eigenvalue weighted by Gasteiger charge is 1.99. The molecule has 1 aromatic rings. The summed E-state index contributed by atoms with van der Waals surface area (Å²) >= 11 is 0. The molecule has 0 saturated heterocycles. The third-order valence-electron chi connectivity index (χ3n) is 1.35. The first-order chi connectivity index (χ1) is 6.58. The van der Waals surface area contributed by atoms with Crippen molar-refractivity contribution >= 4 is 17.7 Å². The summed E-state index contributed by atoms with van der Waals surface area (Å²) < 4.78 is 0. The monoisotopic (exact) mass is 194 g/mol. The Morgan fingerprint density at radius 2 is 1.86 bits per heavy atom. The number of anilines is 1. The molecule has 0 radical (unpaired) electrons. The molecule has 0 unspecified atom stereocenters. The largest absolute Gasteiger partial charge is 0.508 e. The average Bonchev–Trinajstić information content (AvgIpc) is 2.07. The van der Waals surface area contributed by atoms with Gasteiger partial charge in [0.25, 0.3) is 0 Å². The number of amides is 2. The van der Waals surface area contributed by atoms with E-state index in [-0.39, 0.29) is 11.7 Å². The molecule has 6 heteroatoms. The van der Waals surface area contributed by atoms with Crippen LogP contribution in [0.3, 0.4) is 0 Å². The van der Waals surface area contributed by atoms with Crippen LogP contribution >= 0.6 is 0 Å². The van der Waals surface area contributed by atoms with Crippen LogP contribution in [0.5, 0.6) is 5.75 Å². The zero-order valence-electron chi connectivity index (χ0n) is 7.27. The van der Waals surface area contributed by atoms with Gasteiger partial charge in [-0.1, -0.05) is 0 Å². The van der Waals surface area contributed by atoms with Gasteiger partial charge in [0.15, 0.2) is 5.96 Å². The maximum Gasteiger partial charge on any atom is 0.348 e. The van der Waals surface area contributed by atoms with Gasteiger partial charge in [0.1, 0.15) is 5.75 Å². The minimum atomic E-state index is -0.657. The lowest BCUT2D eigenvalue weighted by molar-refractivity contribution is 0.259. The Balaban J connectivity index is 2.66. The third-order valence-corrected chi connectivity index (χ3v) is 1.35. The van der Waals surface area contributed by atoms with Gasteiger partial charge in [0.05, 0.1) is 0 Å². The summed E-state index contributed by atoms with van der Waals surface area (Å²) in [7, 11) is 0. The molecule has 1 rings (SSSR count). The molecular weight excluding hydrogens is 184 g/mol. The van der Waals surface area contributed by atoms with E-state index < -0.39 is 6.03 Å². The van der Waals surface area contributed by atoms with Gasteiger partial charge in [-0.3, -0.25) is 0 Å². The predicted molar refractivity (Wildman–Crippen MR) is 52.9 cm³/mol. The number of guanidine groups is 1. The van der Waals surface area contributed by atoms with Gasteiger partial charge in [-0.05, 0) is 24.3 Å². The number of carbonyl (C=O) groups excluding carboxylic acids is 1. The molecule has 0 fully saturated rings. The highest BCUT2D eigenvalue weighted by Crippen LogP contribution is 2.13. The van der Waals surface area contributed by atoms with Crippen LogP contribution in [0.2, 0.25) is 0 Å². The highest BCUT2D eigenvalue weighted by atomic mass is 16.3. The fourth-order valence-corrected chi connectivity index (χ4v) is 0.813. The Morgan fingerprint density at radius 1 is 1.29 bits per heavy atom. The van der Waals surface area contributed by atoms with Gasteiger partial charge in [0, 0.05) is 5.69 Å². The van der Waals surface area contributed by atoms with Crippen LogP contribution in [0.1, 0.15) is 0 Å². The molecule has 6 nitrogen and oxygen atoms in total. The van der Waals surface area contributed by atoms with Crippen molar-refractivity contribution in [1.29, 1.82) is 0 Å². The number of aromatic hydroxyl groups is 1. The molecule has 1 aromatic carbocycles. The van der Waals surface area contributed by atoms with Crippen LogP contribution in [0, 0.1) is 0 Å². The number of aliphatic imine (C=N–C) groups is 1. The quantitative estimate of drug-likeness (QED) is 0.290.